The van der Waals surface area contributed by atoms with Gasteiger partial charge >= 0.3 is 0 Å². The van der Waals surface area contributed by atoms with Crippen molar-refractivity contribution in [3.63, 3.8) is 0 Å². The predicted octanol–water partition coefficient (Wildman–Crippen LogP) is 2.06. The lowest BCUT2D eigenvalue weighted by Crippen LogP contribution is -2.13. The number of rotatable bonds is 2. The van der Waals surface area contributed by atoms with Crippen LogP contribution in [0.25, 0.3) is 0 Å². The molecule has 1 amide bonds. The van der Waals surface area contributed by atoms with Gasteiger partial charge in [0.1, 0.15) is 5.71 Å². The first-order valence-corrected chi connectivity index (χ1v) is 5.74. The zero-order chi connectivity index (χ0) is 14.1. The highest BCUT2D eigenvalue weighted by molar-refractivity contribution is 6.54. The highest BCUT2D eigenvalue weighted by atomic mass is 16.6. The van der Waals surface area contributed by atoms with Crippen LogP contribution in [0.2, 0.25) is 0 Å². The first-order valence-electron chi connectivity index (χ1n) is 5.74. The Bertz CT molecular complexity index is 741. The van der Waals surface area contributed by atoms with Crippen molar-refractivity contribution in [1.82, 2.24) is 4.98 Å². The number of nitrogens with zero attached hydrogens (tertiary/aromatic N) is 3. The second kappa shape index (κ2) is 4.54. The average Bonchev–Trinajstić information content (AvgIpc) is 2.75. The summed E-state index contributed by atoms with van der Waals surface area (Å²) in [5.41, 5.74) is 1.52. The minimum Gasteiger partial charge on any atom is -0.320 e. The third-order valence-electron chi connectivity index (χ3n) is 2.82. The summed E-state index contributed by atoms with van der Waals surface area (Å²) in [6.45, 7) is 0. The van der Waals surface area contributed by atoms with E-state index in [0.717, 1.165) is 0 Å². The van der Waals surface area contributed by atoms with E-state index >= 15 is 0 Å². The van der Waals surface area contributed by atoms with E-state index in [1.165, 1.54) is 24.4 Å². The molecule has 98 valence electrons. The van der Waals surface area contributed by atoms with Crippen molar-refractivity contribution in [3.8, 4) is 0 Å². The van der Waals surface area contributed by atoms with E-state index in [9.17, 15) is 14.9 Å². The number of aliphatic imine (C=N–C) groups is 1. The molecule has 0 spiro atoms. The van der Waals surface area contributed by atoms with E-state index in [-0.39, 0.29) is 17.3 Å². The lowest BCUT2D eigenvalue weighted by Gasteiger charge is -1.98. The summed E-state index contributed by atoms with van der Waals surface area (Å²) in [5.74, 6) is -0.385. The lowest BCUT2D eigenvalue weighted by atomic mass is 10.1. The van der Waals surface area contributed by atoms with Crippen molar-refractivity contribution in [3.05, 3.63) is 58.4 Å². The van der Waals surface area contributed by atoms with Gasteiger partial charge in [-0.05, 0) is 18.2 Å². The molecule has 2 aromatic rings. The highest BCUT2D eigenvalue weighted by Gasteiger charge is 2.28. The first-order chi connectivity index (χ1) is 9.65. The summed E-state index contributed by atoms with van der Waals surface area (Å²) >= 11 is 0. The fourth-order valence-electron chi connectivity index (χ4n) is 1.91. The molecule has 0 aliphatic carbocycles. The maximum atomic E-state index is 11.9. The molecule has 0 unspecified atom stereocenters. The number of carbonyl (C=O) groups is 1. The van der Waals surface area contributed by atoms with E-state index in [1.54, 1.807) is 18.3 Å². The van der Waals surface area contributed by atoms with Gasteiger partial charge in [-0.3, -0.25) is 19.9 Å². The number of anilines is 1. The quantitative estimate of drug-likeness (QED) is 0.665. The van der Waals surface area contributed by atoms with E-state index in [2.05, 4.69) is 15.3 Å². The molecular weight excluding hydrogens is 260 g/mol. The van der Waals surface area contributed by atoms with E-state index in [1.807, 2.05) is 0 Å². The number of non-ortho nitro benzene ring substituents is 1. The molecule has 7 nitrogen and oxygen atoms in total. The molecule has 1 aliphatic rings. The topological polar surface area (TPSA) is 97.5 Å². The molecule has 20 heavy (non-hydrogen) atoms. The van der Waals surface area contributed by atoms with Crippen LogP contribution in [0.1, 0.15) is 5.56 Å². The van der Waals surface area contributed by atoms with Gasteiger partial charge in [0.2, 0.25) is 0 Å². The van der Waals surface area contributed by atoms with Gasteiger partial charge in [-0.1, -0.05) is 0 Å². The molecule has 0 saturated carbocycles. The van der Waals surface area contributed by atoms with E-state index < -0.39 is 4.92 Å². The largest absolute Gasteiger partial charge is 0.320 e. The van der Waals surface area contributed by atoms with Crippen LogP contribution >= 0.6 is 0 Å². The normalized spacial score (nSPS) is 15.0. The molecule has 1 N–H and O–H groups in total. The van der Waals surface area contributed by atoms with Crippen molar-refractivity contribution < 1.29 is 9.72 Å². The number of aromatic nitrogens is 1. The Morgan fingerprint density at radius 2 is 2.15 bits per heavy atom. The van der Waals surface area contributed by atoms with Crippen molar-refractivity contribution in [1.29, 1.82) is 0 Å². The number of fused-ring (bicyclic) bond motifs is 1. The lowest BCUT2D eigenvalue weighted by molar-refractivity contribution is -0.384. The van der Waals surface area contributed by atoms with Crippen LogP contribution in [0.3, 0.4) is 0 Å². The molecular formula is C13H8N4O3. The fraction of sp³-hybridized carbons (Fsp3) is 0. The minimum atomic E-state index is -0.509. The van der Waals surface area contributed by atoms with Gasteiger partial charge in [-0.15, -0.1) is 0 Å². The van der Waals surface area contributed by atoms with Gasteiger partial charge in [0.25, 0.3) is 11.6 Å². The summed E-state index contributed by atoms with van der Waals surface area (Å²) in [7, 11) is 0. The Hall–Kier alpha value is -3.09. The Kier molecular flexibility index (Phi) is 2.72. The van der Waals surface area contributed by atoms with Crippen LogP contribution in [-0.4, -0.2) is 21.5 Å². The molecule has 2 heterocycles. The number of carbonyl (C=O) groups excluding carboxylic acids is 1. The van der Waals surface area contributed by atoms with Gasteiger partial charge in [0, 0.05) is 23.9 Å². The Labute approximate surface area is 113 Å². The van der Waals surface area contributed by atoms with Crippen LogP contribution in [0.15, 0.2) is 47.7 Å². The van der Waals surface area contributed by atoms with E-state index in [4.69, 9.17) is 0 Å². The standard InChI is InChI=1S/C13H8N4O3/c18-13-12(15-8-2-1-5-14-7-8)10-6-9(17(19)20)3-4-11(10)16-13/h1-7H,(H,15,16,18). The Morgan fingerprint density at radius 1 is 1.30 bits per heavy atom. The third-order valence-corrected chi connectivity index (χ3v) is 2.82. The van der Waals surface area contributed by atoms with Crippen LogP contribution in [-0.2, 0) is 4.79 Å². The number of nitro groups is 1. The number of amides is 1. The summed E-state index contributed by atoms with van der Waals surface area (Å²) in [5, 5.41) is 13.4. The SMILES string of the molecule is O=C1Nc2ccc([N+](=O)[O-])cc2C1=Nc1cccnc1. The van der Waals surface area contributed by atoms with Crippen LogP contribution < -0.4 is 5.32 Å². The van der Waals surface area contributed by atoms with Gasteiger partial charge in [-0.25, -0.2) is 4.99 Å². The molecule has 0 saturated heterocycles. The first kappa shape index (κ1) is 12.0. The van der Waals surface area contributed by atoms with Gasteiger partial charge in [0.15, 0.2) is 0 Å². The van der Waals surface area contributed by atoms with Crippen molar-refractivity contribution in [2.45, 2.75) is 0 Å². The van der Waals surface area contributed by atoms with Gasteiger partial charge < -0.3 is 5.32 Å². The third kappa shape index (κ3) is 2.01. The summed E-state index contributed by atoms with van der Waals surface area (Å²) in [6, 6.07) is 7.56. The minimum absolute atomic E-state index is 0.0841. The second-order valence-corrected chi connectivity index (χ2v) is 4.11. The van der Waals surface area contributed by atoms with Crippen molar-refractivity contribution in [2.75, 3.05) is 5.32 Å². The van der Waals surface area contributed by atoms with Crippen LogP contribution in [0, 0.1) is 10.1 Å². The monoisotopic (exact) mass is 268 g/mol. The van der Waals surface area contributed by atoms with Crippen LogP contribution in [0.4, 0.5) is 17.1 Å². The summed E-state index contributed by atoms with van der Waals surface area (Å²) in [4.78, 5) is 30.3. The zero-order valence-corrected chi connectivity index (χ0v) is 10.1. The molecule has 1 aliphatic heterocycles. The number of hydrogen-bond donors (Lipinski definition) is 1. The zero-order valence-electron chi connectivity index (χ0n) is 10.1. The molecule has 0 fully saturated rings. The molecule has 0 atom stereocenters. The van der Waals surface area contributed by atoms with Crippen molar-refractivity contribution in [2.24, 2.45) is 4.99 Å². The molecule has 0 radical (unpaired) electrons. The smallest absolute Gasteiger partial charge is 0.275 e. The number of benzene rings is 1. The predicted molar refractivity (Wildman–Crippen MR) is 72.2 cm³/mol. The number of nitro benzene ring substituents is 1. The molecule has 7 heteroatoms. The number of hydrogen-bond acceptors (Lipinski definition) is 5. The van der Waals surface area contributed by atoms with Gasteiger partial charge in [-0.2, -0.15) is 0 Å². The van der Waals surface area contributed by atoms with Crippen molar-refractivity contribution >= 4 is 28.7 Å². The van der Waals surface area contributed by atoms with E-state index in [0.29, 0.717) is 16.9 Å². The average molecular weight is 268 g/mol. The maximum Gasteiger partial charge on any atom is 0.275 e. The Morgan fingerprint density at radius 3 is 2.85 bits per heavy atom. The molecule has 3 rings (SSSR count). The maximum absolute atomic E-state index is 11.9. The van der Waals surface area contributed by atoms with Gasteiger partial charge in [0.05, 0.1) is 22.5 Å². The Balaban J connectivity index is 2.11. The molecule has 0 bridgehead atoms. The summed E-state index contributed by atoms with van der Waals surface area (Å²) < 4.78 is 0. The summed E-state index contributed by atoms with van der Waals surface area (Å²) in [6.07, 6.45) is 3.10. The van der Waals surface area contributed by atoms with Crippen LogP contribution in [0.5, 0.6) is 0 Å². The fourth-order valence-corrected chi connectivity index (χ4v) is 1.91. The second-order valence-electron chi connectivity index (χ2n) is 4.11. The number of nitrogens with one attached hydrogen (secondary N) is 1. The number of pyridine rings is 1. The molecule has 1 aromatic carbocycles. The highest BCUT2D eigenvalue weighted by Crippen LogP contribution is 2.29. The molecule has 1 aromatic heterocycles.